The first-order chi connectivity index (χ1) is 13.2. The molecular weight excluding hydrogens is 350 g/mol. The predicted octanol–water partition coefficient (Wildman–Crippen LogP) is 1.85. The van der Waals surface area contributed by atoms with Gasteiger partial charge in [0.1, 0.15) is 17.4 Å². The van der Waals surface area contributed by atoms with Crippen LogP contribution in [0, 0.1) is 10.1 Å². The lowest BCUT2D eigenvalue weighted by molar-refractivity contribution is -0.385. The van der Waals surface area contributed by atoms with Crippen LogP contribution in [0.25, 0.3) is 33.7 Å². The van der Waals surface area contributed by atoms with Crippen LogP contribution in [-0.2, 0) is 0 Å². The van der Waals surface area contributed by atoms with Crippen LogP contribution in [0.5, 0.6) is 0 Å². The van der Waals surface area contributed by atoms with E-state index < -0.39 is 4.92 Å². The average Bonchev–Trinajstić information content (AvgIpc) is 3.31. The number of nitrogens with zero attached hydrogens (tertiary/aromatic N) is 9. The normalized spacial score (nSPS) is 11.3. The van der Waals surface area contributed by atoms with Crippen LogP contribution in [0.4, 0.5) is 5.69 Å². The molecular formula is C16H9N9O2. The summed E-state index contributed by atoms with van der Waals surface area (Å²) in [5, 5.41) is 28.0. The van der Waals surface area contributed by atoms with Gasteiger partial charge in [-0.25, -0.2) is 9.97 Å². The van der Waals surface area contributed by atoms with Gasteiger partial charge in [-0.15, -0.1) is 10.2 Å². The summed E-state index contributed by atoms with van der Waals surface area (Å²) in [5.41, 5.74) is 2.03. The second kappa shape index (κ2) is 5.62. The van der Waals surface area contributed by atoms with Gasteiger partial charge in [0.15, 0.2) is 0 Å². The maximum atomic E-state index is 11.9. The van der Waals surface area contributed by atoms with Gasteiger partial charge in [0.05, 0.1) is 16.0 Å². The van der Waals surface area contributed by atoms with Crippen LogP contribution in [0.1, 0.15) is 0 Å². The molecule has 5 rings (SSSR count). The fourth-order valence-electron chi connectivity index (χ4n) is 2.88. The molecule has 0 spiro atoms. The highest BCUT2D eigenvalue weighted by Crippen LogP contribution is 2.29. The van der Waals surface area contributed by atoms with Crippen molar-refractivity contribution in [1.29, 1.82) is 0 Å². The topological polar surface area (TPSA) is 130 Å². The third-order valence-electron chi connectivity index (χ3n) is 4.07. The highest BCUT2D eigenvalue weighted by molar-refractivity contribution is 5.79. The van der Waals surface area contributed by atoms with Crippen molar-refractivity contribution in [2.75, 3.05) is 0 Å². The molecule has 5 aromatic rings. The Morgan fingerprint density at radius 1 is 0.778 bits per heavy atom. The molecule has 27 heavy (non-hydrogen) atoms. The van der Waals surface area contributed by atoms with E-state index in [2.05, 4.69) is 30.6 Å². The van der Waals surface area contributed by atoms with E-state index in [1.807, 2.05) is 12.1 Å². The number of benzene rings is 2. The minimum absolute atomic E-state index is 0.00159. The Morgan fingerprint density at radius 3 is 1.74 bits per heavy atom. The van der Waals surface area contributed by atoms with Crippen LogP contribution in [0.15, 0.2) is 54.9 Å². The lowest BCUT2D eigenvalue weighted by Gasteiger charge is -2.06. The second-order valence-electron chi connectivity index (χ2n) is 5.61. The van der Waals surface area contributed by atoms with E-state index in [0.717, 1.165) is 0 Å². The van der Waals surface area contributed by atoms with Gasteiger partial charge in [0.25, 0.3) is 0 Å². The molecule has 11 heteroatoms. The Hall–Kier alpha value is -4.28. The van der Waals surface area contributed by atoms with Gasteiger partial charge in [-0.3, -0.25) is 10.1 Å². The van der Waals surface area contributed by atoms with Crippen molar-refractivity contribution in [3.05, 3.63) is 65.0 Å². The number of aromatic nitrogens is 8. The Kier molecular flexibility index (Phi) is 3.13. The predicted molar refractivity (Wildman–Crippen MR) is 93.5 cm³/mol. The minimum Gasteiger partial charge on any atom is -0.258 e. The first kappa shape index (κ1) is 15.0. The summed E-state index contributed by atoms with van der Waals surface area (Å²) in [6, 6.07) is 14.2. The molecule has 130 valence electrons. The summed E-state index contributed by atoms with van der Waals surface area (Å²) >= 11 is 0. The van der Waals surface area contributed by atoms with Gasteiger partial charge in [-0.05, 0) is 24.3 Å². The summed E-state index contributed by atoms with van der Waals surface area (Å²) in [4.78, 5) is 19.5. The summed E-state index contributed by atoms with van der Waals surface area (Å²) < 4.78 is 2.63. The van der Waals surface area contributed by atoms with E-state index in [4.69, 9.17) is 0 Å². The molecule has 0 saturated carbocycles. The molecule has 0 aliphatic rings. The quantitative estimate of drug-likeness (QED) is 0.352. The molecule has 0 aliphatic carbocycles. The molecule has 0 N–H and O–H groups in total. The summed E-state index contributed by atoms with van der Waals surface area (Å²) in [5.74, 6) is -0.00318. The molecule has 11 nitrogen and oxygen atoms in total. The molecule has 0 unspecified atom stereocenters. The zero-order valence-corrected chi connectivity index (χ0v) is 13.5. The first-order valence-electron chi connectivity index (χ1n) is 7.85. The van der Waals surface area contributed by atoms with Gasteiger partial charge in [-0.1, -0.05) is 34.7 Å². The molecule has 0 saturated heterocycles. The zero-order chi connectivity index (χ0) is 18.4. The summed E-state index contributed by atoms with van der Waals surface area (Å²) in [7, 11) is 0. The number of nitro groups is 1. The largest absolute Gasteiger partial charge is 0.358 e. The van der Waals surface area contributed by atoms with Crippen LogP contribution in [-0.4, -0.2) is 44.9 Å². The van der Waals surface area contributed by atoms with Crippen LogP contribution < -0.4 is 0 Å². The fraction of sp³-hybridized carbons (Fsp3) is 0. The number of rotatable bonds is 3. The average molecular weight is 359 g/mol. The van der Waals surface area contributed by atoms with Gasteiger partial charge in [0, 0.05) is 0 Å². The maximum absolute atomic E-state index is 11.9. The van der Waals surface area contributed by atoms with Gasteiger partial charge < -0.3 is 0 Å². The number of hydrogen-bond acceptors (Lipinski definition) is 8. The second-order valence-corrected chi connectivity index (χ2v) is 5.61. The zero-order valence-electron chi connectivity index (χ0n) is 13.5. The van der Waals surface area contributed by atoms with Gasteiger partial charge in [0.2, 0.25) is 11.6 Å². The molecule has 0 bridgehead atoms. The van der Waals surface area contributed by atoms with E-state index in [1.54, 1.807) is 36.4 Å². The smallest absolute Gasteiger partial charge is 0.258 e. The lowest BCUT2D eigenvalue weighted by atomic mass is 10.3. The van der Waals surface area contributed by atoms with Crippen molar-refractivity contribution in [1.82, 2.24) is 40.0 Å². The fourth-order valence-corrected chi connectivity index (χ4v) is 2.88. The molecule has 3 aromatic heterocycles. The molecule has 0 amide bonds. The summed E-state index contributed by atoms with van der Waals surface area (Å²) in [6.45, 7) is 0. The molecule has 0 aliphatic heterocycles. The molecule has 3 heterocycles. The molecule has 2 aromatic carbocycles. The standard InChI is InChI=1S/C16H9N9O2/c26-25(27)14-15(23-12-7-3-1-5-10(12)19-21-23)17-9-18-16(14)24-13-8-4-2-6-11(13)20-22-24/h1-9H. The summed E-state index contributed by atoms with van der Waals surface area (Å²) in [6.07, 6.45) is 1.23. The number of para-hydroxylation sites is 2. The van der Waals surface area contributed by atoms with E-state index >= 15 is 0 Å². The van der Waals surface area contributed by atoms with Gasteiger partial charge in [-0.2, -0.15) is 9.36 Å². The van der Waals surface area contributed by atoms with Crippen molar-refractivity contribution in [2.24, 2.45) is 0 Å². The van der Waals surface area contributed by atoms with Crippen molar-refractivity contribution in [2.45, 2.75) is 0 Å². The first-order valence-corrected chi connectivity index (χ1v) is 7.85. The third-order valence-corrected chi connectivity index (χ3v) is 4.07. The number of hydrogen-bond donors (Lipinski definition) is 0. The Bertz CT molecular complexity index is 1230. The Labute approximate surface area is 150 Å². The van der Waals surface area contributed by atoms with Crippen LogP contribution >= 0.6 is 0 Å². The lowest BCUT2D eigenvalue weighted by Crippen LogP contribution is -2.11. The highest BCUT2D eigenvalue weighted by atomic mass is 16.6. The third kappa shape index (κ3) is 2.22. The number of fused-ring (bicyclic) bond motifs is 2. The minimum atomic E-state index is -0.558. The van der Waals surface area contributed by atoms with Crippen molar-refractivity contribution in [3.63, 3.8) is 0 Å². The van der Waals surface area contributed by atoms with Crippen molar-refractivity contribution >= 4 is 27.8 Å². The Balaban J connectivity index is 1.82. The van der Waals surface area contributed by atoms with E-state index in [-0.39, 0.29) is 17.3 Å². The van der Waals surface area contributed by atoms with E-state index in [1.165, 1.54) is 15.7 Å². The molecule has 0 radical (unpaired) electrons. The van der Waals surface area contributed by atoms with Gasteiger partial charge >= 0.3 is 5.69 Å². The molecule has 0 fully saturated rings. The van der Waals surface area contributed by atoms with E-state index in [0.29, 0.717) is 22.1 Å². The monoisotopic (exact) mass is 359 g/mol. The SMILES string of the molecule is O=[N+]([O-])c1c(-n2nnc3ccccc32)ncnc1-n1nnc2ccccc21. The Morgan fingerprint density at radius 2 is 1.26 bits per heavy atom. The van der Waals surface area contributed by atoms with Crippen molar-refractivity contribution < 1.29 is 4.92 Å². The maximum Gasteiger partial charge on any atom is 0.358 e. The van der Waals surface area contributed by atoms with Crippen LogP contribution in [0.3, 0.4) is 0 Å². The highest BCUT2D eigenvalue weighted by Gasteiger charge is 2.28. The van der Waals surface area contributed by atoms with E-state index in [9.17, 15) is 10.1 Å². The molecule has 0 atom stereocenters. The van der Waals surface area contributed by atoms with Crippen molar-refractivity contribution in [3.8, 4) is 11.6 Å². The van der Waals surface area contributed by atoms with Crippen LogP contribution in [0.2, 0.25) is 0 Å².